The van der Waals surface area contributed by atoms with E-state index in [0.29, 0.717) is 10.2 Å². The average molecular weight is 495 g/mol. The number of esters is 1. The lowest BCUT2D eigenvalue weighted by atomic mass is 10.1. The highest BCUT2D eigenvalue weighted by molar-refractivity contribution is 9.10. The molecule has 1 N–H and O–H groups in total. The highest BCUT2D eigenvalue weighted by atomic mass is 79.9. The average Bonchev–Trinajstić information content (AvgIpc) is 3.28. The fraction of sp³-hybridized carbons (Fsp3) is 0.0435. The molecule has 0 aliphatic carbocycles. The number of furan rings is 1. The molecule has 4 amide bonds. The van der Waals surface area contributed by atoms with Crippen molar-refractivity contribution in [2.75, 3.05) is 4.90 Å². The summed E-state index contributed by atoms with van der Waals surface area (Å²) in [5.41, 5.74) is 1.14. The van der Waals surface area contributed by atoms with Gasteiger partial charge in [0.15, 0.2) is 0 Å². The predicted molar refractivity (Wildman–Crippen MR) is 118 cm³/mol. The summed E-state index contributed by atoms with van der Waals surface area (Å²) >= 11 is 3.32. The van der Waals surface area contributed by atoms with Crippen LogP contribution in [0, 0.1) is 6.92 Å². The number of nitrogens with one attached hydrogen (secondary N) is 1. The summed E-state index contributed by atoms with van der Waals surface area (Å²) in [5, 5.41) is 2.17. The number of rotatable bonds is 4. The predicted octanol–water partition coefficient (Wildman–Crippen LogP) is 4.24. The van der Waals surface area contributed by atoms with Gasteiger partial charge in [0, 0.05) is 10.0 Å². The van der Waals surface area contributed by atoms with E-state index < -0.39 is 23.8 Å². The second-order valence-electron chi connectivity index (χ2n) is 6.85. The Bertz CT molecular complexity index is 1280. The number of barbiturate groups is 1. The van der Waals surface area contributed by atoms with Gasteiger partial charge in [0.2, 0.25) is 5.76 Å². The number of hydrogen-bond acceptors (Lipinski definition) is 6. The quantitative estimate of drug-likeness (QED) is 0.251. The molecule has 1 saturated heterocycles. The molecular formula is C23H15BrN2O6. The molecule has 0 unspecified atom stereocenters. The number of aryl methyl sites for hydroxylation is 1. The van der Waals surface area contributed by atoms with Crippen LogP contribution in [0.3, 0.4) is 0 Å². The number of amides is 4. The zero-order valence-corrected chi connectivity index (χ0v) is 18.2. The Hall–Kier alpha value is -3.98. The minimum absolute atomic E-state index is 0.00535. The standard InChI is InChI=1S/C23H15BrN2O6/c1-13-4-2-5-16(10-13)26-21(28)17(20(27)25-23(26)30)12-14-11-15(24)7-8-18(14)32-22(29)19-6-3-9-31-19/h2-12H,1H3,(H,25,27,30)/b17-12-. The molecule has 0 saturated carbocycles. The maximum atomic E-state index is 13.1. The zero-order valence-electron chi connectivity index (χ0n) is 16.6. The molecule has 32 heavy (non-hydrogen) atoms. The molecule has 1 aliphatic heterocycles. The Kier molecular flexibility index (Phi) is 5.74. The van der Waals surface area contributed by atoms with Gasteiger partial charge in [0.25, 0.3) is 11.8 Å². The lowest BCUT2D eigenvalue weighted by Crippen LogP contribution is -2.54. The lowest BCUT2D eigenvalue weighted by Gasteiger charge is -2.26. The molecule has 1 aromatic heterocycles. The molecule has 0 atom stereocenters. The zero-order chi connectivity index (χ0) is 22.8. The molecular weight excluding hydrogens is 480 g/mol. The lowest BCUT2D eigenvalue weighted by molar-refractivity contribution is -0.122. The number of imide groups is 2. The number of ether oxygens (including phenoxy) is 1. The molecule has 3 aromatic rings. The molecule has 4 rings (SSSR count). The highest BCUT2D eigenvalue weighted by Gasteiger charge is 2.37. The van der Waals surface area contributed by atoms with Crippen LogP contribution in [0.15, 0.2) is 75.3 Å². The van der Waals surface area contributed by atoms with Crippen LogP contribution in [-0.4, -0.2) is 23.8 Å². The first-order chi connectivity index (χ1) is 15.3. The van der Waals surface area contributed by atoms with Gasteiger partial charge in [0.05, 0.1) is 12.0 Å². The largest absolute Gasteiger partial charge is 0.457 e. The van der Waals surface area contributed by atoms with Gasteiger partial charge in [-0.15, -0.1) is 0 Å². The third kappa shape index (κ3) is 4.23. The second kappa shape index (κ2) is 8.64. The van der Waals surface area contributed by atoms with Gasteiger partial charge in [-0.3, -0.25) is 14.9 Å². The van der Waals surface area contributed by atoms with Crippen LogP contribution in [0.25, 0.3) is 6.08 Å². The molecule has 2 heterocycles. The Balaban J connectivity index is 1.72. The van der Waals surface area contributed by atoms with Gasteiger partial charge >= 0.3 is 12.0 Å². The van der Waals surface area contributed by atoms with Crippen LogP contribution in [0.5, 0.6) is 5.75 Å². The van der Waals surface area contributed by atoms with Crippen molar-refractivity contribution in [3.8, 4) is 5.75 Å². The van der Waals surface area contributed by atoms with E-state index in [-0.39, 0.29) is 22.6 Å². The minimum Gasteiger partial charge on any atom is -0.457 e. The van der Waals surface area contributed by atoms with E-state index in [9.17, 15) is 19.2 Å². The summed E-state index contributed by atoms with van der Waals surface area (Å²) < 4.78 is 11.0. The van der Waals surface area contributed by atoms with Gasteiger partial charge < -0.3 is 9.15 Å². The Morgan fingerprint density at radius 1 is 1.09 bits per heavy atom. The molecule has 2 aromatic carbocycles. The first kappa shape index (κ1) is 21.3. The normalized spacial score (nSPS) is 15.1. The van der Waals surface area contributed by atoms with Crippen molar-refractivity contribution >= 4 is 51.5 Å². The van der Waals surface area contributed by atoms with Crippen LogP contribution in [-0.2, 0) is 9.59 Å². The number of anilines is 1. The van der Waals surface area contributed by atoms with Gasteiger partial charge in [0.1, 0.15) is 11.3 Å². The minimum atomic E-state index is -0.854. The summed E-state index contributed by atoms with van der Waals surface area (Å²) in [6.07, 6.45) is 2.60. The second-order valence-corrected chi connectivity index (χ2v) is 7.76. The third-order valence-corrected chi connectivity index (χ3v) is 5.05. The number of carbonyl (C=O) groups is 4. The number of nitrogens with zero attached hydrogens (tertiary/aromatic N) is 1. The third-order valence-electron chi connectivity index (χ3n) is 4.56. The van der Waals surface area contributed by atoms with Crippen molar-refractivity contribution in [2.24, 2.45) is 0 Å². The van der Waals surface area contributed by atoms with E-state index in [0.717, 1.165) is 10.5 Å². The van der Waals surface area contributed by atoms with Crippen LogP contribution in [0.2, 0.25) is 0 Å². The van der Waals surface area contributed by atoms with E-state index in [2.05, 4.69) is 21.2 Å². The fourth-order valence-electron chi connectivity index (χ4n) is 3.08. The van der Waals surface area contributed by atoms with Crippen LogP contribution < -0.4 is 15.0 Å². The smallest absolute Gasteiger partial charge is 0.379 e. The Morgan fingerprint density at radius 3 is 2.62 bits per heavy atom. The highest BCUT2D eigenvalue weighted by Crippen LogP contribution is 2.29. The summed E-state index contributed by atoms with van der Waals surface area (Å²) in [5.74, 6) is -2.30. The molecule has 0 bridgehead atoms. The van der Waals surface area contributed by atoms with E-state index >= 15 is 0 Å². The Morgan fingerprint density at radius 2 is 1.91 bits per heavy atom. The molecule has 160 valence electrons. The topological polar surface area (TPSA) is 106 Å². The maximum Gasteiger partial charge on any atom is 0.379 e. The summed E-state index contributed by atoms with van der Waals surface area (Å²) in [7, 11) is 0. The fourth-order valence-corrected chi connectivity index (χ4v) is 3.46. The van der Waals surface area contributed by atoms with Crippen LogP contribution in [0.1, 0.15) is 21.7 Å². The molecule has 0 radical (unpaired) electrons. The van der Waals surface area contributed by atoms with E-state index in [1.807, 2.05) is 13.0 Å². The molecule has 9 heteroatoms. The summed E-state index contributed by atoms with van der Waals surface area (Å²) in [4.78, 5) is 51.2. The van der Waals surface area contributed by atoms with Crippen LogP contribution >= 0.6 is 15.9 Å². The van der Waals surface area contributed by atoms with E-state index in [4.69, 9.17) is 9.15 Å². The summed E-state index contributed by atoms with van der Waals surface area (Å²) in [6.45, 7) is 1.82. The van der Waals surface area contributed by atoms with Gasteiger partial charge in [-0.05, 0) is 61.0 Å². The van der Waals surface area contributed by atoms with Crippen molar-refractivity contribution in [2.45, 2.75) is 6.92 Å². The first-order valence-electron chi connectivity index (χ1n) is 9.37. The van der Waals surface area contributed by atoms with Gasteiger partial charge in [-0.25, -0.2) is 14.5 Å². The van der Waals surface area contributed by atoms with Crippen molar-refractivity contribution in [1.82, 2.24) is 5.32 Å². The van der Waals surface area contributed by atoms with Crippen molar-refractivity contribution < 1.29 is 28.3 Å². The first-order valence-corrected chi connectivity index (χ1v) is 10.2. The van der Waals surface area contributed by atoms with Gasteiger partial charge in [-0.2, -0.15) is 0 Å². The maximum absolute atomic E-state index is 13.1. The monoisotopic (exact) mass is 494 g/mol. The van der Waals surface area contributed by atoms with Crippen molar-refractivity contribution in [3.05, 3.63) is 87.8 Å². The molecule has 0 spiro atoms. The number of carbonyl (C=O) groups excluding carboxylic acids is 4. The van der Waals surface area contributed by atoms with Crippen LogP contribution in [0.4, 0.5) is 10.5 Å². The van der Waals surface area contributed by atoms with Crippen molar-refractivity contribution in [1.29, 1.82) is 0 Å². The molecule has 1 fully saturated rings. The molecule has 8 nitrogen and oxygen atoms in total. The van der Waals surface area contributed by atoms with Gasteiger partial charge in [-0.1, -0.05) is 28.1 Å². The number of halogens is 1. The van der Waals surface area contributed by atoms with E-state index in [1.165, 1.54) is 24.5 Å². The van der Waals surface area contributed by atoms with Crippen molar-refractivity contribution in [3.63, 3.8) is 0 Å². The summed E-state index contributed by atoms with van der Waals surface area (Å²) in [6, 6.07) is 13.6. The SMILES string of the molecule is Cc1cccc(N2C(=O)NC(=O)/C(=C/c3cc(Br)ccc3OC(=O)c3ccco3)C2=O)c1. The number of urea groups is 1. The number of hydrogen-bond donors (Lipinski definition) is 1. The van der Waals surface area contributed by atoms with E-state index in [1.54, 1.807) is 36.4 Å². The number of benzene rings is 2. The molecule has 1 aliphatic rings. The Labute approximate surface area is 190 Å².